The van der Waals surface area contributed by atoms with E-state index in [0.717, 1.165) is 19.1 Å². The number of hydrogen-bond donors (Lipinski definition) is 0. The second-order valence-electron chi connectivity index (χ2n) is 4.23. The first-order chi connectivity index (χ1) is 8.67. The molecule has 0 bridgehead atoms. The molecule has 19 heavy (non-hydrogen) atoms. The molecule has 1 aliphatic rings. The summed E-state index contributed by atoms with van der Waals surface area (Å²) in [6.07, 6.45) is 0. The molecule has 0 amide bonds. The van der Waals surface area contributed by atoms with Gasteiger partial charge < -0.3 is 9.47 Å². The molecule has 1 heterocycles. The Morgan fingerprint density at radius 3 is 2.53 bits per heavy atom. The van der Waals surface area contributed by atoms with Gasteiger partial charge in [-0.25, -0.2) is 17.2 Å². The number of ether oxygens (including phenoxy) is 2. The third-order valence-corrected chi connectivity index (χ3v) is 3.54. The quantitative estimate of drug-likeness (QED) is 0.805. The minimum Gasteiger partial charge on any atom is -0.486 e. The van der Waals surface area contributed by atoms with Crippen LogP contribution in [0.2, 0.25) is 0 Å². The largest absolute Gasteiger partial charge is 0.486 e. The number of rotatable bonds is 3. The van der Waals surface area contributed by atoms with Crippen LogP contribution >= 0.6 is 10.7 Å². The van der Waals surface area contributed by atoms with Gasteiger partial charge in [0.1, 0.15) is 13.2 Å². The van der Waals surface area contributed by atoms with Gasteiger partial charge in [-0.3, -0.25) is 0 Å². The first-order valence-corrected chi connectivity index (χ1v) is 7.88. The van der Waals surface area contributed by atoms with Gasteiger partial charge in [-0.2, -0.15) is 0 Å². The van der Waals surface area contributed by atoms with E-state index in [1.54, 1.807) is 0 Å². The molecule has 0 saturated carbocycles. The lowest BCUT2D eigenvalue weighted by atomic mass is 10.0. The predicted molar refractivity (Wildman–Crippen MR) is 65.5 cm³/mol. The van der Waals surface area contributed by atoms with E-state index in [9.17, 15) is 17.2 Å². The highest BCUT2D eigenvalue weighted by Crippen LogP contribution is 2.40. The number of fused-ring (bicyclic) bond motifs is 1. The van der Waals surface area contributed by atoms with E-state index in [2.05, 4.69) is 0 Å². The van der Waals surface area contributed by atoms with Crippen molar-refractivity contribution in [3.63, 3.8) is 0 Å². The van der Waals surface area contributed by atoms with E-state index < -0.39 is 20.7 Å². The SMILES string of the molecule is CC(F)(F)c1cc(CS(=O)(=O)Cl)c2c(c1)OCCO2. The minimum atomic E-state index is -3.88. The molecule has 0 saturated heterocycles. The lowest BCUT2D eigenvalue weighted by molar-refractivity contribution is 0.0168. The van der Waals surface area contributed by atoms with Crippen molar-refractivity contribution in [2.75, 3.05) is 13.2 Å². The molecule has 0 radical (unpaired) electrons. The van der Waals surface area contributed by atoms with Gasteiger partial charge in [-0.1, -0.05) is 0 Å². The molecular formula is C11H11ClF2O4S. The smallest absolute Gasteiger partial charge is 0.270 e. The normalized spacial score (nSPS) is 15.4. The summed E-state index contributed by atoms with van der Waals surface area (Å²) >= 11 is 0. The van der Waals surface area contributed by atoms with Crippen LogP contribution in [0, 0.1) is 0 Å². The standard InChI is InChI=1S/C11H11ClF2O4S/c1-11(13,14)8-4-7(6-19(12,15)16)10-9(5-8)17-2-3-18-10/h4-5H,2-3,6H2,1H3. The van der Waals surface area contributed by atoms with Crippen LogP contribution in [0.1, 0.15) is 18.1 Å². The van der Waals surface area contributed by atoms with Gasteiger partial charge in [0, 0.05) is 28.7 Å². The predicted octanol–water partition coefficient (Wildman–Crippen LogP) is 2.64. The van der Waals surface area contributed by atoms with E-state index in [0.29, 0.717) is 0 Å². The van der Waals surface area contributed by atoms with E-state index in [1.165, 1.54) is 0 Å². The van der Waals surface area contributed by atoms with E-state index >= 15 is 0 Å². The Labute approximate surface area is 113 Å². The first-order valence-electron chi connectivity index (χ1n) is 5.40. The number of hydrogen-bond acceptors (Lipinski definition) is 4. The first kappa shape index (κ1) is 14.3. The van der Waals surface area contributed by atoms with Crippen molar-refractivity contribution in [1.82, 2.24) is 0 Å². The zero-order valence-corrected chi connectivity index (χ0v) is 11.5. The van der Waals surface area contributed by atoms with Crippen molar-refractivity contribution >= 4 is 19.7 Å². The molecule has 2 rings (SSSR count). The van der Waals surface area contributed by atoms with Gasteiger partial charge in [-0.15, -0.1) is 0 Å². The molecule has 1 aromatic rings. The summed E-state index contributed by atoms with van der Waals surface area (Å²) in [5.74, 6) is -3.44. The molecular weight excluding hydrogens is 302 g/mol. The molecule has 106 valence electrons. The van der Waals surface area contributed by atoms with Crippen LogP contribution in [0.4, 0.5) is 8.78 Å². The monoisotopic (exact) mass is 312 g/mol. The summed E-state index contributed by atoms with van der Waals surface area (Å²) in [4.78, 5) is 0. The molecule has 0 fully saturated rings. The lowest BCUT2D eigenvalue weighted by Crippen LogP contribution is -2.19. The molecule has 4 nitrogen and oxygen atoms in total. The summed E-state index contributed by atoms with van der Waals surface area (Å²) < 4.78 is 59.5. The average molecular weight is 313 g/mol. The minimum absolute atomic E-state index is 0.0729. The molecule has 1 aliphatic heterocycles. The van der Waals surface area contributed by atoms with Crippen molar-refractivity contribution in [3.05, 3.63) is 23.3 Å². The number of alkyl halides is 2. The van der Waals surface area contributed by atoms with Crippen molar-refractivity contribution < 1.29 is 26.7 Å². The van der Waals surface area contributed by atoms with Crippen LogP contribution in [-0.2, 0) is 20.7 Å². The third-order valence-electron chi connectivity index (χ3n) is 2.55. The average Bonchev–Trinajstić information content (AvgIpc) is 2.25. The van der Waals surface area contributed by atoms with Crippen LogP contribution in [0.25, 0.3) is 0 Å². The Kier molecular flexibility index (Phi) is 3.61. The molecule has 0 N–H and O–H groups in total. The van der Waals surface area contributed by atoms with Crippen LogP contribution in [0.5, 0.6) is 11.5 Å². The van der Waals surface area contributed by atoms with E-state index in [4.69, 9.17) is 20.2 Å². The van der Waals surface area contributed by atoms with Crippen LogP contribution in [-0.4, -0.2) is 21.6 Å². The fraction of sp³-hybridized carbons (Fsp3) is 0.455. The molecule has 0 atom stereocenters. The third kappa shape index (κ3) is 3.48. The molecule has 1 aromatic carbocycles. The van der Waals surface area contributed by atoms with Gasteiger partial charge in [0.15, 0.2) is 11.5 Å². The molecule has 0 aromatic heterocycles. The molecule has 0 spiro atoms. The Bertz CT molecular complexity index is 595. The number of benzene rings is 1. The second-order valence-corrected chi connectivity index (χ2v) is 7.01. The van der Waals surface area contributed by atoms with Crippen LogP contribution in [0.3, 0.4) is 0 Å². The zero-order valence-electron chi connectivity index (χ0n) is 9.95. The Hall–Kier alpha value is -1.08. The van der Waals surface area contributed by atoms with E-state index in [1.807, 2.05) is 0 Å². The zero-order chi connectivity index (χ0) is 14.3. The fourth-order valence-corrected chi connectivity index (χ4v) is 2.71. The Balaban J connectivity index is 2.56. The summed E-state index contributed by atoms with van der Waals surface area (Å²) in [6, 6.07) is 2.23. The van der Waals surface area contributed by atoms with Crippen molar-refractivity contribution in [3.8, 4) is 11.5 Å². The highest BCUT2D eigenvalue weighted by Gasteiger charge is 2.29. The maximum absolute atomic E-state index is 13.4. The summed E-state index contributed by atoms with van der Waals surface area (Å²) in [5.41, 5.74) is -0.268. The second kappa shape index (κ2) is 4.79. The van der Waals surface area contributed by atoms with Crippen molar-refractivity contribution in [1.29, 1.82) is 0 Å². The van der Waals surface area contributed by atoms with Gasteiger partial charge >= 0.3 is 0 Å². The number of halogens is 3. The molecule has 0 unspecified atom stereocenters. The fourth-order valence-electron chi connectivity index (χ4n) is 1.77. The summed E-state index contributed by atoms with van der Waals surface area (Å²) in [7, 11) is 1.28. The lowest BCUT2D eigenvalue weighted by Gasteiger charge is -2.23. The maximum atomic E-state index is 13.4. The van der Waals surface area contributed by atoms with Crippen molar-refractivity contribution in [2.45, 2.75) is 18.6 Å². The van der Waals surface area contributed by atoms with Crippen molar-refractivity contribution in [2.24, 2.45) is 0 Å². The van der Waals surface area contributed by atoms with Gasteiger partial charge in [0.05, 0.1) is 5.75 Å². The molecule has 8 heteroatoms. The Morgan fingerprint density at radius 1 is 1.32 bits per heavy atom. The summed E-state index contributed by atoms with van der Waals surface area (Å²) in [5, 5.41) is 0. The summed E-state index contributed by atoms with van der Waals surface area (Å²) in [6.45, 7) is 1.17. The van der Waals surface area contributed by atoms with Gasteiger partial charge in [0.25, 0.3) is 5.92 Å². The topological polar surface area (TPSA) is 52.6 Å². The maximum Gasteiger partial charge on any atom is 0.270 e. The van der Waals surface area contributed by atoms with E-state index in [-0.39, 0.29) is 35.8 Å². The highest BCUT2D eigenvalue weighted by atomic mass is 35.7. The van der Waals surface area contributed by atoms with Crippen LogP contribution in [0.15, 0.2) is 12.1 Å². The highest BCUT2D eigenvalue weighted by molar-refractivity contribution is 8.13. The van der Waals surface area contributed by atoms with Crippen LogP contribution < -0.4 is 9.47 Å². The Morgan fingerprint density at radius 2 is 1.95 bits per heavy atom. The van der Waals surface area contributed by atoms with Gasteiger partial charge in [0.2, 0.25) is 9.05 Å². The van der Waals surface area contributed by atoms with Gasteiger partial charge in [-0.05, 0) is 12.1 Å². The molecule has 0 aliphatic carbocycles.